The van der Waals surface area contributed by atoms with E-state index in [1.807, 2.05) is 6.07 Å². The molecule has 5 nitrogen and oxygen atoms in total. The van der Waals surface area contributed by atoms with Crippen LogP contribution in [0.4, 0.5) is 5.69 Å². The summed E-state index contributed by atoms with van der Waals surface area (Å²) in [5, 5.41) is 20.4. The number of nitrogens with zero attached hydrogens (tertiary/aromatic N) is 1. The Balaban J connectivity index is 2.12. The summed E-state index contributed by atoms with van der Waals surface area (Å²) in [5.74, 6) is -1.33. The molecule has 2 aromatic carbocycles. The minimum atomic E-state index is -1.03. The molecule has 23 heavy (non-hydrogen) atoms. The van der Waals surface area contributed by atoms with Crippen LogP contribution in [0, 0.1) is 11.3 Å². The third kappa shape index (κ3) is 4.11. The lowest BCUT2D eigenvalue weighted by atomic mass is 10.2. The van der Waals surface area contributed by atoms with Crippen LogP contribution in [0.15, 0.2) is 53.4 Å². The molecule has 0 radical (unpaired) electrons. The van der Waals surface area contributed by atoms with Gasteiger partial charge in [0.15, 0.2) is 0 Å². The standard InChI is InChI=1S/C17H14N2O3S/c1-11(23-15-9-5-3-7-13(15)17(21)22)16(20)19-14-8-4-2-6-12(14)10-18/h2-9,11H,1H3,(H,19,20)(H,21,22). The molecule has 1 unspecified atom stereocenters. The summed E-state index contributed by atoms with van der Waals surface area (Å²) >= 11 is 1.16. The number of anilines is 1. The van der Waals surface area contributed by atoms with Gasteiger partial charge in [-0.15, -0.1) is 11.8 Å². The lowest BCUT2D eigenvalue weighted by molar-refractivity contribution is -0.115. The van der Waals surface area contributed by atoms with Gasteiger partial charge in [0.2, 0.25) is 5.91 Å². The molecular formula is C17H14N2O3S. The van der Waals surface area contributed by atoms with Crippen molar-refractivity contribution in [3.8, 4) is 6.07 Å². The fourth-order valence-electron chi connectivity index (χ4n) is 1.91. The van der Waals surface area contributed by atoms with Gasteiger partial charge in [-0.3, -0.25) is 4.79 Å². The van der Waals surface area contributed by atoms with Crippen LogP contribution < -0.4 is 5.32 Å². The highest BCUT2D eigenvalue weighted by molar-refractivity contribution is 8.00. The maximum Gasteiger partial charge on any atom is 0.336 e. The molecule has 2 aromatic rings. The number of aromatic carboxylic acids is 1. The number of carboxylic acid groups (broad SMARTS) is 1. The summed E-state index contributed by atoms with van der Waals surface area (Å²) in [6.45, 7) is 1.69. The number of carbonyl (C=O) groups is 2. The van der Waals surface area contributed by atoms with Crippen molar-refractivity contribution in [2.24, 2.45) is 0 Å². The van der Waals surface area contributed by atoms with Crippen LogP contribution in [0.2, 0.25) is 0 Å². The monoisotopic (exact) mass is 326 g/mol. The van der Waals surface area contributed by atoms with Gasteiger partial charge in [-0.2, -0.15) is 5.26 Å². The molecule has 1 atom stereocenters. The summed E-state index contributed by atoms with van der Waals surface area (Å²) in [5.41, 5.74) is 0.984. The quantitative estimate of drug-likeness (QED) is 0.822. The SMILES string of the molecule is CC(Sc1ccccc1C(=O)O)C(=O)Nc1ccccc1C#N. The second kappa shape index (κ2) is 7.47. The number of carboxylic acids is 1. The highest BCUT2D eigenvalue weighted by Crippen LogP contribution is 2.28. The molecule has 1 amide bonds. The van der Waals surface area contributed by atoms with E-state index in [4.69, 9.17) is 5.26 Å². The Morgan fingerprint density at radius 1 is 1.17 bits per heavy atom. The van der Waals surface area contributed by atoms with Crippen LogP contribution >= 0.6 is 11.8 Å². The minimum absolute atomic E-state index is 0.162. The summed E-state index contributed by atoms with van der Waals surface area (Å²) in [4.78, 5) is 24.0. The Morgan fingerprint density at radius 2 is 1.83 bits per heavy atom. The zero-order valence-corrected chi connectivity index (χ0v) is 13.1. The second-order valence-corrected chi connectivity index (χ2v) is 6.09. The van der Waals surface area contributed by atoms with Crippen LogP contribution in [0.1, 0.15) is 22.8 Å². The molecule has 2 N–H and O–H groups in total. The van der Waals surface area contributed by atoms with Gasteiger partial charge in [0.25, 0.3) is 0 Å². The fraction of sp³-hybridized carbons (Fsp3) is 0.118. The molecule has 0 aliphatic rings. The van der Waals surface area contributed by atoms with Crippen LogP contribution in [0.3, 0.4) is 0 Å². The summed E-state index contributed by atoms with van der Waals surface area (Å²) in [6, 6.07) is 15.3. The van der Waals surface area contributed by atoms with E-state index in [9.17, 15) is 14.7 Å². The van der Waals surface area contributed by atoms with E-state index in [0.29, 0.717) is 16.1 Å². The molecule has 0 aliphatic heterocycles. The molecule has 0 spiro atoms. The molecule has 0 saturated carbocycles. The lowest BCUT2D eigenvalue weighted by Crippen LogP contribution is -2.23. The van der Waals surface area contributed by atoms with Crippen molar-refractivity contribution < 1.29 is 14.7 Å². The average Bonchev–Trinajstić information content (AvgIpc) is 2.55. The van der Waals surface area contributed by atoms with Crippen molar-refractivity contribution in [2.75, 3.05) is 5.32 Å². The van der Waals surface area contributed by atoms with E-state index in [-0.39, 0.29) is 11.5 Å². The van der Waals surface area contributed by atoms with E-state index in [1.165, 1.54) is 6.07 Å². The number of nitriles is 1. The number of thioether (sulfide) groups is 1. The topological polar surface area (TPSA) is 90.2 Å². The van der Waals surface area contributed by atoms with Crippen molar-refractivity contribution in [1.82, 2.24) is 0 Å². The molecule has 2 rings (SSSR count). The maximum absolute atomic E-state index is 12.3. The van der Waals surface area contributed by atoms with Gasteiger partial charge >= 0.3 is 5.97 Å². The predicted octanol–water partition coefficient (Wildman–Crippen LogP) is 3.38. The summed E-state index contributed by atoms with van der Waals surface area (Å²) < 4.78 is 0. The molecule has 0 fully saturated rings. The van der Waals surface area contributed by atoms with Gasteiger partial charge in [-0.25, -0.2) is 4.79 Å². The number of benzene rings is 2. The van der Waals surface area contributed by atoms with E-state index in [0.717, 1.165) is 11.8 Å². The van der Waals surface area contributed by atoms with Crippen LogP contribution in [0.5, 0.6) is 0 Å². The van der Waals surface area contributed by atoms with E-state index in [1.54, 1.807) is 49.4 Å². The number of carbonyl (C=O) groups excluding carboxylic acids is 1. The largest absolute Gasteiger partial charge is 0.478 e. The molecule has 0 bridgehead atoms. The zero-order chi connectivity index (χ0) is 16.8. The van der Waals surface area contributed by atoms with Gasteiger partial charge in [-0.05, 0) is 31.2 Å². The normalized spacial score (nSPS) is 11.3. The summed E-state index contributed by atoms with van der Waals surface area (Å²) in [6.07, 6.45) is 0. The number of nitrogens with one attached hydrogen (secondary N) is 1. The summed E-state index contributed by atoms with van der Waals surface area (Å²) in [7, 11) is 0. The number of hydrogen-bond acceptors (Lipinski definition) is 4. The Morgan fingerprint density at radius 3 is 2.52 bits per heavy atom. The first-order valence-electron chi connectivity index (χ1n) is 6.82. The first-order valence-corrected chi connectivity index (χ1v) is 7.70. The number of rotatable bonds is 5. The Kier molecular flexibility index (Phi) is 5.39. The molecule has 0 heterocycles. The van der Waals surface area contributed by atoms with Crippen LogP contribution in [-0.4, -0.2) is 22.2 Å². The highest BCUT2D eigenvalue weighted by atomic mass is 32.2. The first kappa shape index (κ1) is 16.6. The zero-order valence-electron chi connectivity index (χ0n) is 12.3. The van der Waals surface area contributed by atoms with Crippen LogP contribution in [-0.2, 0) is 4.79 Å². The van der Waals surface area contributed by atoms with E-state index < -0.39 is 11.2 Å². The Labute approximate surface area is 137 Å². The number of para-hydroxylation sites is 1. The molecular weight excluding hydrogens is 312 g/mol. The third-order valence-corrected chi connectivity index (χ3v) is 4.27. The number of hydrogen-bond donors (Lipinski definition) is 2. The lowest BCUT2D eigenvalue weighted by Gasteiger charge is -2.14. The first-order chi connectivity index (χ1) is 11.0. The minimum Gasteiger partial charge on any atom is -0.478 e. The Hall–Kier alpha value is -2.78. The molecule has 116 valence electrons. The molecule has 0 aliphatic carbocycles. The van der Waals surface area contributed by atoms with Crippen LogP contribution in [0.25, 0.3) is 0 Å². The van der Waals surface area contributed by atoms with E-state index in [2.05, 4.69) is 5.32 Å². The van der Waals surface area contributed by atoms with Gasteiger partial charge in [0, 0.05) is 4.90 Å². The van der Waals surface area contributed by atoms with Crippen molar-refractivity contribution in [3.05, 3.63) is 59.7 Å². The highest BCUT2D eigenvalue weighted by Gasteiger charge is 2.19. The van der Waals surface area contributed by atoms with Gasteiger partial charge < -0.3 is 10.4 Å². The van der Waals surface area contributed by atoms with Crippen molar-refractivity contribution >= 4 is 29.3 Å². The maximum atomic E-state index is 12.3. The van der Waals surface area contributed by atoms with Gasteiger partial charge in [0.1, 0.15) is 6.07 Å². The second-order valence-electron chi connectivity index (χ2n) is 4.71. The van der Waals surface area contributed by atoms with E-state index >= 15 is 0 Å². The van der Waals surface area contributed by atoms with Crippen molar-refractivity contribution in [2.45, 2.75) is 17.1 Å². The fourth-order valence-corrected chi connectivity index (χ4v) is 2.90. The average molecular weight is 326 g/mol. The molecule has 0 saturated heterocycles. The van der Waals surface area contributed by atoms with Crippen molar-refractivity contribution in [3.63, 3.8) is 0 Å². The predicted molar refractivity (Wildman–Crippen MR) is 88.5 cm³/mol. The van der Waals surface area contributed by atoms with Gasteiger partial charge in [0.05, 0.1) is 22.1 Å². The van der Waals surface area contributed by atoms with Crippen molar-refractivity contribution in [1.29, 1.82) is 5.26 Å². The number of amides is 1. The third-order valence-electron chi connectivity index (χ3n) is 3.10. The Bertz CT molecular complexity index is 783. The smallest absolute Gasteiger partial charge is 0.336 e. The molecule has 0 aromatic heterocycles. The van der Waals surface area contributed by atoms with Gasteiger partial charge in [-0.1, -0.05) is 24.3 Å². The molecule has 6 heteroatoms.